The van der Waals surface area contributed by atoms with E-state index in [2.05, 4.69) is 24.2 Å². The van der Waals surface area contributed by atoms with Gasteiger partial charge < -0.3 is 15.1 Å². The lowest BCUT2D eigenvalue weighted by atomic mass is 10.0. The molecule has 3 rings (SSSR count). The van der Waals surface area contributed by atoms with Gasteiger partial charge in [-0.15, -0.1) is 0 Å². The summed E-state index contributed by atoms with van der Waals surface area (Å²) in [4.78, 5) is 28.7. The van der Waals surface area contributed by atoms with Crippen LogP contribution in [0.3, 0.4) is 0 Å². The molecule has 1 aliphatic carbocycles. The number of piperidine rings is 1. The molecule has 2 amide bonds. The average molecular weight is 343 g/mol. The van der Waals surface area contributed by atoms with Gasteiger partial charge in [-0.3, -0.25) is 9.59 Å². The normalized spacial score (nSPS) is 18.1. The van der Waals surface area contributed by atoms with E-state index in [1.165, 1.54) is 0 Å². The minimum atomic E-state index is -0.0170. The van der Waals surface area contributed by atoms with Gasteiger partial charge in [0.05, 0.1) is 0 Å². The second-order valence-corrected chi connectivity index (χ2v) is 7.32. The summed E-state index contributed by atoms with van der Waals surface area (Å²) in [7, 11) is 2.06. The molecule has 1 heterocycles. The number of hydrogen-bond acceptors (Lipinski definition) is 3. The highest BCUT2D eigenvalue weighted by Gasteiger charge is 2.35. The molecule has 0 aromatic heterocycles. The van der Waals surface area contributed by atoms with Crippen LogP contribution in [-0.2, 0) is 4.79 Å². The highest BCUT2D eigenvalue weighted by molar-refractivity contribution is 5.94. The summed E-state index contributed by atoms with van der Waals surface area (Å²) in [6.07, 6.45) is 4.90. The van der Waals surface area contributed by atoms with Crippen molar-refractivity contribution in [3.8, 4) is 0 Å². The molecule has 5 heteroatoms. The first-order chi connectivity index (χ1) is 12.1. The first-order valence-electron chi connectivity index (χ1n) is 9.49. The van der Waals surface area contributed by atoms with Gasteiger partial charge in [0.1, 0.15) is 0 Å². The maximum Gasteiger partial charge on any atom is 0.251 e. The molecule has 1 saturated carbocycles. The van der Waals surface area contributed by atoms with Crippen molar-refractivity contribution in [2.75, 3.05) is 31.6 Å². The standard InChI is InChI=1S/C20H29N3O2/c1-3-12-22(2)18-8-6-15(7-9-18)19(24)21-17-10-13-23(14-11-17)20(25)16-4-5-16/h6-9,16-17H,3-5,10-14H2,1-2H3,(H,21,24). The predicted molar refractivity (Wildman–Crippen MR) is 99.8 cm³/mol. The van der Waals surface area contributed by atoms with E-state index in [-0.39, 0.29) is 17.9 Å². The van der Waals surface area contributed by atoms with Gasteiger partial charge in [-0.1, -0.05) is 6.92 Å². The Labute approximate surface area is 150 Å². The Morgan fingerprint density at radius 3 is 2.32 bits per heavy atom. The Morgan fingerprint density at radius 2 is 1.76 bits per heavy atom. The van der Waals surface area contributed by atoms with Crippen molar-refractivity contribution < 1.29 is 9.59 Å². The van der Waals surface area contributed by atoms with Gasteiger partial charge in [-0.2, -0.15) is 0 Å². The molecule has 25 heavy (non-hydrogen) atoms. The van der Waals surface area contributed by atoms with Crippen molar-refractivity contribution in [3.63, 3.8) is 0 Å². The summed E-state index contributed by atoms with van der Waals surface area (Å²) in [5.74, 6) is 0.587. The summed E-state index contributed by atoms with van der Waals surface area (Å²) >= 11 is 0. The largest absolute Gasteiger partial charge is 0.375 e. The number of benzene rings is 1. The molecule has 136 valence electrons. The SMILES string of the molecule is CCCN(C)c1ccc(C(=O)NC2CCN(C(=O)C3CC3)CC2)cc1. The molecular formula is C20H29N3O2. The quantitative estimate of drug-likeness (QED) is 0.864. The van der Waals surface area contributed by atoms with Crippen LogP contribution in [0.5, 0.6) is 0 Å². The Hall–Kier alpha value is -2.04. The van der Waals surface area contributed by atoms with Crippen molar-refractivity contribution in [2.45, 2.75) is 45.1 Å². The van der Waals surface area contributed by atoms with E-state index in [4.69, 9.17) is 0 Å². The van der Waals surface area contributed by atoms with Gasteiger partial charge in [0, 0.05) is 49.9 Å². The number of likely N-dealkylation sites (tertiary alicyclic amines) is 1. The van der Waals surface area contributed by atoms with Crippen molar-refractivity contribution in [1.29, 1.82) is 0 Å². The molecule has 0 bridgehead atoms. The Balaban J connectivity index is 1.48. The monoisotopic (exact) mass is 343 g/mol. The van der Waals surface area contributed by atoms with E-state index < -0.39 is 0 Å². The first kappa shape index (κ1) is 17.8. The fourth-order valence-corrected chi connectivity index (χ4v) is 3.43. The van der Waals surface area contributed by atoms with Crippen LogP contribution in [-0.4, -0.2) is 49.4 Å². The van der Waals surface area contributed by atoms with Gasteiger partial charge in [-0.25, -0.2) is 0 Å². The molecular weight excluding hydrogens is 314 g/mol. The van der Waals surface area contributed by atoms with E-state index in [1.807, 2.05) is 29.2 Å². The number of carbonyl (C=O) groups excluding carboxylic acids is 2. The fourth-order valence-electron chi connectivity index (χ4n) is 3.43. The summed E-state index contributed by atoms with van der Waals surface area (Å²) in [6.45, 7) is 4.69. The minimum absolute atomic E-state index is 0.0170. The van der Waals surface area contributed by atoms with E-state index in [9.17, 15) is 9.59 Å². The molecule has 1 aliphatic heterocycles. The second kappa shape index (κ2) is 7.89. The van der Waals surface area contributed by atoms with E-state index in [0.717, 1.165) is 57.4 Å². The van der Waals surface area contributed by atoms with Crippen LogP contribution in [0.2, 0.25) is 0 Å². The maximum absolute atomic E-state index is 12.4. The van der Waals surface area contributed by atoms with Crippen LogP contribution >= 0.6 is 0 Å². The average Bonchev–Trinajstić information content (AvgIpc) is 3.47. The molecule has 1 aromatic carbocycles. The lowest BCUT2D eigenvalue weighted by molar-refractivity contribution is -0.133. The Morgan fingerprint density at radius 1 is 1.12 bits per heavy atom. The van der Waals surface area contributed by atoms with Gasteiger partial charge in [0.15, 0.2) is 0 Å². The topological polar surface area (TPSA) is 52.7 Å². The number of rotatable bonds is 6. The summed E-state index contributed by atoms with van der Waals surface area (Å²) < 4.78 is 0. The van der Waals surface area contributed by atoms with Crippen molar-refractivity contribution >= 4 is 17.5 Å². The fraction of sp³-hybridized carbons (Fsp3) is 0.600. The third kappa shape index (κ3) is 4.53. The van der Waals surface area contributed by atoms with E-state index >= 15 is 0 Å². The van der Waals surface area contributed by atoms with Gasteiger partial charge in [0.25, 0.3) is 5.91 Å². The number of nitrogens with one attached hydrogen (secondary N) is 1. The summed E-state index contributed by atoms with van der Waals surface area (Å²) in [6, 6.07) is 7.95. The molecule has 1 N–H and O–H groups in total. The van der Waals surface area contributed by atoms with Crippen molar-refractivity contribution in [1.82, 2.24) is 10.2 Å². The third-order valence-corrected chi connectivity index (χ3v) is 5.20. The van der Waals surface area contributed by atoms with Crippen molar-refractivity contribution in [2.24, 2.45) is 5.92 Å². The minimum Gasteiger partial charge on any atom is -0.375 e. The number of carbonyl (C=O) groups is 2. The molecule has 0 spiro atoms. The Kier molecular flexibility index (Phi) is 5.61. The lowest BCUT2D eigenvalue weighted by Crippen LogP contribution is -2.47. The zero-order chi connectivity index (χ0) is 17.8. The predicted octanol–water partition coefficient (Wildman–Crippen LogP) is 2.66. The number of nitrogens with zero attached hydrogens (tertiary/aromatic N) is 2. The maximum atomic E-state index is 12.4. The van der Waals surface area contributed by atoms with E-state index in [0.29, 0.717) is 11.5 Å². The van der Waals surface area contributed by atoms with Gasteiger partial charge in [-0.05, 0) is 56.4 Å². The number of anilines is 1. The summed E-state index contributed by atoms with van der Waals surface area (Å²) in [5.41, 5.74) is 1.83. The van der Waals surface area contributed by atoms with Gasteiger partial charge >= 0.3 is 0 Å². The molecule has 2 aliphatic rings. The first-order valence-corrected chi connectivity index (χ1v) is 9.49. The van der Waals surface area contributed by atoms with Crippen LogP contribution in [0.1, 0.15) is 49.4 Å². The Bertz CT molecular complexity index is 602. The second-order valence-electron chi connectivity index (χ2n) is 7.32. The highest BCUT2D eigenvalue weighted by atomic mass is 16.2. The lowest BCUT2D eigenvalue weighted by Gasteiger charge is -2.32. The zero-order valence-corrected chi connectivity index (χ0v) is 15.3. The van der Waals surface area contributed by atoms with Crippen LogP contribution in [0.15, 0.2) is 24.3 Å². The molecule has 5 nitrogen and oxygen atoms in total. The van der Waals surface area contributed by atoms with Crippen molar-refractivity contribution in [3.05, 3.63) is 29.8 Å². The van der Waals surface area contributed by atoms with Gasteiger partial charge in [0.2, 0.25) is 5.91 Å². The molecule has 0 unspecified atom stereocenters. The number of hydrogen-bond donors (Lipinski definition) is 1. The molecule has 0 radical (unpaired) electrons. The zero-order valence-electron chi connectivity index (χ0n) is 15.3. The smallest absolute Gasteiger partial charge is 0.251 e. The molecule has 0 atom stereocenters. The van der Waals surface area contributed by atoms with E-state index in [1.54, 1.807) is 0 Å². The van der Waals surface area contributed by atoms with Crippen LogP contribution in [0.25, 0.3) is 0 Å². The van der Waals surface area contributed by atoms with Crippen LogP contribution in [0.4, 0.5) is 5.69 Å². The van der Waals surface area contributed by atoms with Crippen LogP contribution in [0, 0.1) is 5.92 Å². The number of amides is 2. The highest BCUT2D eigenvalue weighted by Crippen LogP contribution is 2.31. The summed E-state index contributed by atoms with van der Waals surface area (Å²) in [5, 5.41) is 3.12. The molecule has 1 saturated heterocycles. The third-order valence-electron chi connectivity index (χ3n) is 5.20. The van der Waals surface area contributed by atoms with Crippen LogP contribution < -0.4 is 10.2 Å². The molecule has 2 fully saturated rings. The molecule has 1 aromatic rings.